The van der Waals surface area contributed by atoms with Gasteiger partial charge in [-0.05, 0) is 31.5 Å². The maximum absolute atomic E-state index is 6.86. The standard InChI is InChI=1S/C20H37N5OSi/c1-8-9-10-11-12-16(26-27(6,7)20(3,4)5)15(2)25-14-24-17-18(21)22-13-23-19(17)25/h13-16H,8-12H2,1-7H3,(H2,21,22,23)/t15-,16+/m1/s1. The number of fused-ring (bicyclic) bond motifs is 1. The Labute approximate surface area is 165 Å². The van der Waals surface area contributed by atoms with Gasteiger partial charge in [0.05, 0.1) is 18.5 Å². The molecule has 0 saturated heterocycles. The van der Waals surface area contributed by atoms with Crippen molar-refractivity contribution in [1.29, 1.82) is 0 Å². The first-order valence-electron chi connectivity index (χ1n) is 10.2. The Morgan fingerprint density at radius 3 is 2.48 bits per heavy atom. The fourth-order valence-corrected chi connectivity index (χ4v) is 4.50. The fourth-order valence-electron chi connectivity index (χ4n) is 3.07. The monoisotopic (exact) mass is 391 g/mol. The van der Waals surface area contributed by atoms with Gasteiger partial charge in [-0.2, -0.15) is 0 Å². The average molecular weight is 392 g/mol. The lowest BCUT2D eigenvalue weighted by molar-refractivity contribution is 0.118. The Morgan fingerprint density at radius 2 is 1.85 bits per heavy atom. The zero-order valence-corrected chi connectivity index (χ0v) is 19.1. The zero-order chi connectivity index (χ0) is 20.2. The van der Waals surface area contributed by atoms with Crippen molar-refractivity contribution < 1.29 is 4.43 Å². The van der Waals surface area contributed by atoms with E-state index in [4.69, 9.17) is 10.2 Å². The molecule has 0 aliphatic rings. The van der Waals surface area contributed by atoms with E-state index in [0.717, 1.165) is 12.1 Å². The first-order valence-corrected chi connectivity index (χ1v) is 13.1. The molecule has 2 rings (SSSR count). The molecule has 6 nitrogen and oxygen atoms in total. The lowest BCUT2D eigenvalue weighted by atomic mass is 10.0. The summed E-state index contributed by atoms with van der Waals surface area (Å²) in [5.41, 5.74) is 7.42. The molecule has 2 aromatic rings. The summed E-state index contributed by atoms with van der Waals surface area (Å²) in [6, 6.07) is 0.139. The van der Waals surface area contributed by atoms with E-state index in [1.54, 1.807) is 0 Å². The van der Waals surface area contributed by atoms with Crippen LogP contribution in [0.2, 0.25) is 18.1 Å². The molecule has 0 bridgehead atoms. The third-order valence-corrected chi connectivity index (χ3v) is 10.5. The second-order valence-corrected chi connectivity index (χ2v) is 13.8. The van der Waals surface area contributed by atoms with Gasteiger partial charge in [0.15, 0.2) is 19.8 Å². The number of aromatic nitrogens is 4. The summed E-state index contributed by atoms with van der Waals surface area (Å²) in [7, 11) is -1.88. The quantitative estimate of drug-likeness (QED) is 0.461. The molecule has 0 radical (unpaired) electrons. The summed E-state index contributed by atoms with van der Waals surface area (Å²) < 4.78 is 8.97. The minimum atomic E-state index is -1.88. The predicted octanol–water partition coefficient (Wildman–Crippen LogP) is 5.33. The number of nitrogens with zero attached hydrogens (tertiary/aromatic N) is 4. The number of hydrogen-bond donors (Lipinski definition) is 1. The largest absolute Gasteiger partial charge is 0.412 e. The van der Waals surface area contributed by atoms with Crippen molar-refractivity contribution in [2.24, 2.45) is 0 Å². The van der Waals surface area contributed by atoms with Gasteiger partial charge in [0.2, 0.25) is 0 Å². The Balaban J connectivity index is 2.28. The summed E-state index contributed by atoms with van der Waals surface area (Å²) in [5, 5.41) is 0.179. The van der Waals surface area contributed by atoms with Crippen LogP contribution in [-0.2, 0) is 4.43 Å². The van der Waals surface area contributed by atoms with Gasteiger partial charge in [-0.25, -0.2) is 15.0 Å². The van der Waals surface area contributed by atoms with Crippen LogP contribution in [0.1, 0.15) is 72.8 Å². The topological polar surface area (TPSA) is 78.9 Å². The highest BCUT2D eigenvalue weighted by Gasteiger charge is 2.40. The van der Waals surface area contributed by atoms with Crippen molar-refractivity contribution in [3.63, 3.8) is 0 Å². The minimum Gasteiger partial charge on any atom is -0.412 e. The van der Waals surface area contributed by atoms with Gasteiger partial charge in [-0.3, -0.25) is 0 Å². The van der Waals surface area contributed by atoms with E-state index >= 15 is 0 Å². The molecule has 0 unspecified atom stereocenters. The van der Waals surface area contributed by atoms with Crippen LogP contribution in [0.5, 0.6) is 0 Å². The van der Waals surface area contributed by atoms with E-state index in [9.17, 15) is 0 Å². The molecule has 2 aromatic heterocycles. The van der Waals surface area contributed by atoms with Crippen molar-refractivity contribution in [3.8, 4) is 0 Å². The number of unbranched alkanes of at least 4 members (excludes halogenated alkanes) is 3. The predicted molar refractivity (Wildman–Crippen MR) is 115 cm³/mol. The minimum absolute atomic E-state index is 0.135. The van der Waals surface area contributed by atoms with Crippen molar-refractivity contribution in [1.82, 2.24) is 19.5 Å². The van der Waals surface area contributed by atoms with Crippen LogP contribution >= 0.6 is 0 Å². The molecule has 2 heterocycles. The second kappa shape index (κ2) is 8.69. The molecule has 27 heavy (non-hydrogen) atoms. The van der Waals surface area contributed by atoms with Crippen LogP contribution in [-0.4, -0.2) is 33.9 Å². The van der Waals surface area contributed by atoms with Gasteiger partial charge in [0, 0.05) is 0 Å². The summed E-state index contributed by atoms with van der Waals surface area (Å²) in [5.74, 6) is 0.427. The SMILES string of the molecule is CCCCCC[C@H](O[Si](C)(C)C(C)(C)C)[C@@H](C)n1cnc2c(N)ncnc21. The third kappa shape index (κ3) is 5.07. The first kappa shape index (κ1) is 21.8. The van der Waals surface area contributed by atoms with Crippen LogP contribution < -0.4 is 5.73 Å². The molecule has 152 valence electrons. The second-order valence-electron chi connectivity index (χ2n) is 9.09. The normalized spacial score (nSPS) is 15.2. The van der Waals surface area contributed by atoms with Gasteiger partial charge >= 0.3 is 0 Å². The van der Waals surface area contributed by atoms with Crippen molar-refractivity contribution >= 4 is 25.3 Å². The molecule has 0 fully saturated rings. The van der Waals surface area contributed by atoms with E-state index in [0.29, 0.717) is 11.3 Å². The van der Waals surface area contributed by atoms with E-state index in [-0.39, 0.29) is 17.2 Å². The molecule has 0 amide bonds. The van der Waals surface area contributed by atoms with E-state index < -0.39 is 8.32 Å². The number of anilines is 1. The highest BCUT2D eigenvalue weighted by molar-refractivity contribution is 6.74. The molecular weight excluding hydrogens is 354 g/mol. The Kier molecular flexibility index (Phi) is 7.02. The molecule has 2 atom stereocenters. The summed E-state index contributed by atoms with van der Waals surface area (Å²) >= 11 is 0. The molecule has 2 N–H and O–H groups in total. The van der Waals surface area contributed by atoms with Gasteiger partial charge in [-0.15, -0.1) is 0 Å². The van der Waals surface area contributed by atoms with Crippen LogP contribution in [0.3, 0.4) is 0 Å². The number of nitrogens with two attached hydrogens (primary N) is 1. The number of nitrogen functional groups attached to an aromatic ring is 1. The molecule has 7 heteroatoms. The smallest absolute Gasteiger partial charge is 0.192 e. The molecular formula is C20H37N5OSi. The van der Waals surface area contributed by atoms with E-state index in [1.165, 1.54) is 32.0 Å². The highest BCUT2D eigenvalue weighted by atomic mass is 28.4. The molecule has 0 aliphatic carbocycles. The number of hydrogen-bond acceptors (Lipinski definition) is 5. The summed E-state index contributed by atoms with van der Waals surface area (Å²) in [4.78, 5) is 12.9. The van der Waals surface area contributed by atoms with Gasteiger partial charge in [0.1, 0.15) is 11.8 Å². The fraction of sp³-hybridized carbons (Fsp3) is 0.750. The zero-order valence-electron chi connectivity index (χ0n) is 18.1. The van der Waals surface area contributed by atoms with Gasteiger partial charge < -0.3 is 14.7 Å². The molecule has 0 saturated carbocycles. The highest BCUT2D eigenvalue weighted by Crippen LogP contribution is 2.39. The van der Waals surface area contributed by atoms with Crippen molar-refractivity contribution in [2.45, 2.75) is 97.0 Å². The van der Waals surface area contributed by atoms with Crippen molar-refractivity contribution in [2.75, 3.05) is 5.73 Å². The third-order valence-electron chi connectivity index (χ3n) is 5.96. The Bertz CT molecular complexity index is 738. The number of imidazole rings is 1. The van der Waals surface area contributed by atoms with Gasteiger partial charge in [0.25, 0.3) is 0 Å². The van der Waals surface area contributed by atoms with E-state index in [2.05, 4.69) is 67.2 Å². The number of rotatable bonds is 9. The molecule has 0 spiro atoms. The first-order chi connectivity index (χ1) is 12.6. The lowest BCUT2D eigenvalue weighted by Crippen LogP contribution is -2.45. The molecule has 0 aromatic carbocycles. The maximum atomic E-state index is 6.86. The van der Waals surface area contributed by atoms with Crippen molar-refractivity contribution in [3.05, 3.63) is 12.7 Å². The maximum Gasteiger partial charge on any atom is 0.192 e. The molecule has 0 aliphatic heterocycles. The van der Waals surface area contributed by atoms with E-state index in [1.807, 2.05) is 6.33 Å². The van der Waals surface area contributed by atoms with Gasteiger partial charge in [-0.1, -0.05) is 53.4 Å². The summed E-state index contributed by atoms with van der Waals surface area (Å²) in [6.07, 6.45) is 9.47. The lowest BCUT2D eigenvalue weighted by Gasteiger charge is -2.41. The van der Waals surface area contributed by atoms with Crippen LogP contribution in [0.15, 0.2) is 12.7 Å². The summed E-state index contributed by atoms with van der Waals surface area (Å²) in [6.45, 7) is 16.0. The Morgan fingerprint density at radius 1 is 1.15 bits per heavy atom. The van der Waals surface area contributed by atoms with Crippen LogP contribution in [0.25, 0.3) is 11.2 Å². The average Bonchev–Trinajstić information content (AvgIpc) is 3.01. The van der Waals surface area contributed by atoms with Crippen LogP contribution in [0.4, 0.5) is 5.82 Å². The Hall–Kier alpha value is -1.47. The van der Waals surface area contributed by atoms with Crippen LogP contribution in [0, 0.1) is 0 Å².